The van der Waals surface area contributed by atoms with Gasteiger partial charge in [-0.2, -0.15) is 0 Å². The lowest BCUT2D eigenvalue weighted by molar-refractivity contribution is 0.0870. The van der Waals surface area contributed by atoms with E-state index in [-0.39, 0.29) is 18.4 Å². The van der Waals surface area contributed by atoms with Crippen LogP contribution in [0.1, 0.15) is 30.0 Å². The zero-order valence-corrected chi connectivity index (χ0v) is 9.15. The lowest BCUT2D eigenvalue weighted by Crippen LogP contribution is -2.34. The SMILES string of the molecule is Cc1oncc1C(=O)NCC(O)C(C)C. The maximum absolute atomic E-state index is 11.5. The molecule has 1 heterocycles. The van der Waals surface area contributed by atoms with Crippen molar-refractivity contribution in [2.24, 2.45) is 5.92 Å². The van der Waals surface area contributed by atoms with E-state index in [1.165, 1.54) is 6.20 Å². The van der Waals surface area contributed by atoms with Crippen LogP contribution in [-0.4, -0.2) is 28.8 Å². The standard InChI is InChI=1S/C10H16N2O3/c1-6(2)9(13)5-11-10(14)8-4-12-15-7(8)3/h4,6,9,13H,5H2,1-3H3,(H,11,14). The molecule has 0 spiro atoms. The number of rotatable bonds is 4. The lowest BCUT2D eigenvalue weighted by atomic mass is 10.1. The van der Waals surface area contributed by atoms with Crippen LogP contribution in [0.2, 0.25) is 0 Å². The van der Waals surface area contributed by atoms with Gasteiger partial charge in [0.25, 0.3) is 5.91 Å². The van der Waals surface area contributed by atoms with Gasteiger partial charge in [-0.1, -0.05) is 19.0 Å². The molecule has 0 aliphatic heterocycles. The summed E-state index contributed by atoms with van der Waals surface area (Å²) in [7, 11) is 0. The van der Waals surface area contributed by atoms with E-state index in [9.17, 15) is 9.90 Å². The molecule has 1 atom stereocenters. The molecule has 1 aromatic rings. The first-order valence-electron chi connectivity index (χ1n) is 4.90. The zero-order valence-electron chi connectivity index (χ0n) is 9.15. The van der Waals surface area contributed by atoms with Crippen molar-refractivity contribution in [3.05, 3.63) is 17.5 Å². The Kier molecular flexibility index (Phi) is 3.85. The summed E-state index contributed by atoms with van der Waals surface area (Å²) in [5.74, 6) is 0.328. The minimum Gasteiger partial charge on any atom is -0.391 e. The van der Waals surface area contributed by atoms with Crippen LogP contribution in [0.15, 0.2) is 10.7 Å². The Balaban J connectivity index is 2.47. The number of hydrogen-bond donors (Lipinski definition) is 2. The molecule has 0 aliphatic carbocycles. The summed E-state index contributed by atoms with van der Waals surface area (Å²) in [6.07, 6.45) is 0.834. The second-order valence-corrected chi connectivity index (χ2v) is 3.82. The summed E-state index contributed by atoms with van der Waals surface area (Å²) in [6.45, 7) is 5.69. The van der Waals surface area contributed by atoms with Crippen molar-refractivity contribution in [1.82, 2.24) is 10.5 Å². The maximum Gasteiger partial charge on any atom is 0.256 e. The van der Waals surface area contributed by atoms with Crippen molar-refractivity contribution < 1.29 is 14.4 Å². The molecule has 5 heteroatoms. The fourth-order valence-corrected chi connectivity index (χ4v) is 1.04. The van der Waals surface area contributed by atoms with E-state index in [0.717, 1.165) is 0 Å². The van der Waals surface area contributed by atoms with E-state index in [1.807, 2.05) is 13.8 Å². The molecule has 2 N–H and O–H groups in total. The van der Waals surface area contributed by atoms with Crippen LogP contribution >= 0.6 is 0 Å². The van der Waals surface area contributed by atoms with Crippen LogP contribution in [0, 0.1) is 12.8 Å². The normalized spacial score (nSPS) is 12.9. The highest BCUT2D eigenvalue weighted by molar-refractivity contribution is 5.94. The van der Waals surface area contributed by atoms with Crippen LogP contribution in [-0.2, 0) is 0 Å². The molecule has 5 nitrogen and oxygen atoms in total. The van der Waals surface area contributed by atoms with Gasteiger partial charge in [-0.05, 0) is 12.8 Å². The molecule has 0 saturated heterocycles. The van der Waals surface area contributed by atoms with Crippen molar-refractivity contribution in [2.45, 2.75) is 26.9 Å². The van der Waals surface area contributed by atoms with Crippen LogP contribution in [0.5, 0.6) is 0 Å². The summed E-state index contributed by atoms with van der Waals surface area (Å²) < 4.78 is 4.77. The minimum atomic E-state index is -0.533. The third kappa shape index (κ3) is 3.06. The van der Waals surface area contributed by atoms with E-state index in [2.05, 4.69) is 10.5 Å². The highest BCUT2D eigenvalue weighted by Gasteiger charge is 2.15. The van der Waals surface area contributed by atoms with Gasteiger partial charge in [-0.15, -0.1) is 0 Å². The molecule has 0 radical (unpaired) electrons. The Hall–Kier alpha value is -1.36. The summed E-state index contributed by atoms with van der Waals surface area (Å²) in [6, 6.07) is 0. The molecule has 0 fully saturated rings. The number of aliphatic hydroxyl groups is 1. The first-order valence-corrected chi connectivity index (χ1v) is 4.90. The Labute approximate surface area is 88.5 Å². The Morgan fingerprint density at radius 3 is 2.80 bits per heavy atom. The third-order valence-electron chi connectivity index (χ3n) is 2.24. The predicted molar refractivity (Wildman–Crippen MR) is 54.4 cm³/mol. The number of nitrogens with one attached hydrogen (secondary N) is 1. The summed E-state index contributed by atoms with van der Waals surface area (Å²) in [4.78, 5) is 11.5. The molecular formula is C10H16N2O3. The number of carbonyl (C=O) groups excluding carboxylic acids is 1. The fraction of sp³-hybridized carbons (Fsp3) is 0.600. The topological polar surface area (TPSA) is 75.4 Å². The van der Waals surface area contributed by atoms with Crippen LogP contribution in [0.25, 0.3) is 0 Å². The van der Waals surface area contributed by atoms with Crippen molar-refractivity contribution in [1.29, 1.82) is 0 Å². The van der Waals surface area contributed by atoms with Crippen molar-refractivity contribution in [3.8, 4) is 0 Å². The Morgan fingerprint density at radius 1 is 1.67 bits per heavy atom. The van der Waals surface area contributed by atoms with Gasteiger partial charge < -0.3 is 14.9 Å². The average Bonchev–Trinajstić information content (AvgIpc) is 2.60. The molecule has 1 rings (SSSR count). The maximum atomic E-state index is 11.5. The number of aromatic nitrogens is 1. The van der Waals surface area contributed by atoms with Gasteiger partial charge in [0.1, 0.15) is 11.3 Å². The number of nitrogens with zero attached hydrogens (tertiary/aromatic N) is 1. The van der Waals surface area contributed by atoms with Gasteiger partial charge >= 0.3 is 0 Å². The molecule has 0 aliphatic rings. The number of hydrogen-bond acceptors (Lipinski definition) is 4. The number of carbonyl (C=O) groups is 1. The summed E-state index contributed by atoms with van der Waals surface area (Å²) >= 11 is 0. The van der Waals surface area contributed by atoms with E-state index >= 15 is 0 Å². The largest absolute Gasteiger partial charge is 0.391 e. The highest BCUT2D eigenvalue weighted by atomic mass is 16.5. The van der Waals surface area contributed by atoms with E-state index in [1.54, 1.807) is 6.92 Å². The first-order chi connectivity index (χ1) is 7.02. The molecule has 1 unspecified atom stereocenters. The van der Waals surface area contributed by atoms with Crippen LogP contribution in [0.3, 0.4) is 0 Å². The van der Waals surface area contributed by atoms with Gasteiger partial charge in [0.05, 0.1) is 12.3 Å². The van der Waals surface area contributed by atoms with Gasteiger partial charge in [-0.3, -0.25) is 4.79 Å². The predicted octanol–water partition coefficient (Wildman–Crippen LogP) is 0.730. The number of aliphatic hydroxyl groups excluding tert-OH is 1. The molecular weight excluding hydrogens is 196 g/mol. The van der Waals surface area contributed by atoms with Crippen LogP contribution < -0.4 is 5.32 Å². The molecule has 0 aromatic carbocycles. The van der Waals surface area contributed by atoms with Crippen molar-refractivity contribution in [3.63, 3.8) is 0 Å². The second-order valence-electron chi connectivity index (χ2n) is 3.82. The lowest BCUT2D eigenvalue weighted by Gasteiger charge is -2.14. The molecule has 0 bridgehead atoms. The van der Waals surface area contributed by atoms with Crippen molar-refractivity contribution >= 4 is 5.91 Å². The van der Waals surface area contributed by atoms with Crippen LogP contribution in [0.4, 0.5) is 0 Å². The first kappa shape index (κ1) is 11.7. The molecule has 15 heavy (non-hydrogen) atoms. The second kappa shape index (κ2) is 4.93. The quantitative estimate of drug-likeness (QED) is 0.771. The molecule has 1 aromatic heterocycles. The molecule has 1 amide bonds. The third-order valence-corrected chi connectivity index (χ3v) is 2.24. The molecule has 84 valence electrons. The highest BCUT2D eigenvalue weighted by Crippen LogP contribution is 2.05. The number of aryl methyl sites for hydroxylation is 1. The Bertz CT molecular complexity index is 333. The van der Waals surface area contributed by atoms with Gasteiger partial charge in [0.2, 0.25) is 0 Å². The van der Waals surface area contributed by atoms with E-state index in [4.69, 9.17) is 4.52 Å². The van der Waals surface area contributed by atoms with Gasteiger partial charge in [0.15, 0.2) is 0 Å². The molecule has 0 saturated carbocycles. The van der Waals surface area contributed by atoms with Gasteiger partial charge in [-0.25, -0.2) is 0 Å². The monoisotopic (exact) mass is 212 g/mol. The van der Waals surface area contributed by atoms with E-state index < -0.39 is 6.10 Å². The smallest absolute Gasteiger partial charge is 0.256 e. The average molecular weight is 212 g/mol. The van der Waals surface area contributed by atoms with Crippen molar-refractivity contribution in [2.75, 3.05) is 6.54 Å². The fourth-order valence-electron chi connectivity index (χ4n) is 1.04. The summed E-state index contributed by atoms with van der Waals surface area (Å²) in [5, 5.41) is 15.6. The summed E-state index contributed by atoms with van der Waals surface area (Å²) in [5.41, 5.74) is 0.408. The minimum absolute atomic E-state index is 0.119. The zero-order chi connectivity index (χ0) is 11.4. The van der Waals surface area contributed by atoms with Gasteiger partial charge in [0, 0.05) is 6.54 Å². The Morgan fingerprint density at radius 2 is 2.33 bits per heavy atom. The number of amides is 1. The van der Waals surface area contributed by atoms with E-state index in [0.29, 0.717) is 11.3 Å².